The van der Waals surface area contributed by atoms with Crippen LogP contribution in [0.3, 0.4) is 0 Å². The van der Waals surface area contributed by atoms with E-state index in [4.69, 9.17) is 15.2 Å². The van der Waals surface area contributed by atoms with Gasteiger partial charge in [-0.25, -0.2) is 9.98 Å². The summed E-state index contributed by atoms with van der Waals surface area (Å²) < 4.78 is 11.5. The Labute approximate surface area is 187 Å². The molecule has 1 aromatic carbocycles. The highest BCUT2D eigenvalue weighted by Gasteiger charge is 2.13. The Hall–Kier alpha value is -1.68. The Morgan fingerprint density at radius 2 is 1.93 bits per heavy atom. The summed E-state index contributed by atoms with van der Waals surface area (Å²) in [7, 11) is 0. The summed E-state index contributed by atoms with van der Waals surface area (Å²) in [5.74, 6) is 1.84. The van der Waals surface area contributed by atoms with Gasteiger partial charge in [0.1, 0.15) is 0 Å². The van der Waals surface area contributed by atoms with Gasteiger partial charge in [-0.2, -0.15) is 0 Å². The first kappa shape index (κ1) is 22.6. The lowest BCUT2D eigenvalue weighted by molar-refractivity contribution is 0.297. The summed E-state index contributed by atoms with van der Waals surface area (Å²) >= 11 is 1.73. The number of thioether (sulfide) groups is 1. The average Bonchev–Trinajstić information content (AvgIpc) is 2.84. The highest BCUT2D eigenvalue weighted by atomic mass is 127. The minimum Gasteiger partial charge on any atom is -0.490 e. The van der Waals surface area contributed by atoms with Crippen LogP contribution in [0.2, 0.25) is 0 Å². The number of pyridine rings is 1. The lowest BCUT2D eigenvalue weighted by Crippen LogP contribution is -2.22. The number of rotatable bonds is 4. The third kappa shape index (κ3) is 7.05. The second kappa shape index (κ2) is 10.2. The van der Waals surface area contributed by atoms with Crippen molar-refractivity contribution in [3.05, 3.63) is 42.1 Å². The first-order valence-electron chi connectivity index (χ1n) is 9.00. The largest absolute Gasteiger partial charge is 0.490 e. The molecule has 6 nitrogen and oxygen atoms in total. The van der Waals surface area contributed by atoms with Crippen LogP contribution >= 0.6 is 35.7 Å². The highest BCUT2D eigenvalue weighted by Crippen LogP contribution is 2.32. The molecule has 3 rings (SSSR count). The number of guanidine groups is 1. The number of nitrogens with two attached hydrogens (primary N) is 1. The summed E-state index contributed by atoms with van der Waals surface area (Å²) in [5.41, 5.74) is 7.93. The first-order chi connectivity index (χ1) is 12.9. The molecule has 0 amide bonds. The molecule has 2 heterocycles. The van der Waals surface area contributed by atoms with E-state index >= 15 is 0 Å². The Bertz CT molecular complexity index is 824. The highest BCUT2D eigenvalue weighted by molar-refractivity contribution is 14.0. The van der Waals surface area contributed by atoms with Gasteiger partial charge in [0, 0.05) is 29.1 Å². The summed E-state index contributed by atoms with van der Waals surface area (Å²) in [5, 5.41) is 4.10. The fourth-order valence-corrected chi connectivity index (χ4v) is 3.47. The molecule has 152 valence electrons. The predicted octanol–water partition coefficient (Wildman–Crippen LogP) is 4.68. The fraction of sp³-hybridized carbons (Fsp3) is 0.400. The molecule has 1 aliphatic rings. The molecule has 0 aliphatic carbocycles. The van der Waals surface area contributed by atoms with Crippen LogP contribution in [-0.2, 0) is 6.54 Å². The molecule has 0 saturated carbocycles. The zero-order chi connectivity index (χ0) is 19.3. The van der Waals surface area contributed by atoms with Crippen LogP contribution in [0.1, 0.15) is 32.8 Å². The SMILES string of the molecule is CC(C)(C)Sc1cc(CN=C(N)Nc2ccc3c(c2)OCCCO3)ccn1.I. The normalized spacial score (nSPS) is 14.0. The Morgan fingerprint density at radius 1 is 1.18 bits per heavy atom. The number of fused-ring (bicyclic) bond motifs is 1. The predicted molar refractivity (Wildman–Crippen MR) is 126 cm³/mol. The van der Waals surface area contributed by atoms with Gasteiger partial charge in [0.05, 0.1) is 24.8 Å². The molecule has 0 saturated heterocycles. The molecule has 3 N–H and O–H groups in total. The molecule has 2 aromatic rings. The first-order valence-corrected chi connectivity index (χ1v) is 9.81. The number of anilines is 1. The smallest absolute Gasteiger partial charge is 0.193 e. The summed E-state index contributed by atoms with van der Waals surface area (Å²) in [6.07, 6.45) is 2.69. The minimum absolute atomic E-state index is 0. The van der Waals surface area contributed by atoms with Gasteiger partial charge in [0.15, 0.2) is 17.5 Å². The van der Waals surface area contributed by atoms with Crippen molar-refractivity contribution in [3.8, 4) is 11.5 Å². The van der Waals surface area contributed by atoms with Crippen molar-refractivity contribution in [2.75, 3.05) is 18.5 Å². The number of nitrogens with zero attached hydrogens (tertiary/aromatic N) is 2. The maximum atomic E-state index is 6.05. The number of nitrogens with one attached hydrogen (secondary N) is 1. The third-order valence-electron chi connectivity index (χ3n) is 3.66. The van der Waals surface area contributed by atoms with Crippen molar-refractivity contribution in [1.82, 2.24) is 4.98 Å². The zero-order valence-electron chi connectivity index (χ0n) is 16.4. The molecule has 0 radical (unpaired) electrons. The fourth-order valence-electron chi connectivity index (χ4n) is 2.52. The van der Waals surface area contributed by atoms with E-state index in [0.717, 1.165) is 34.2 Å². The summed E-state index contributed by atoms with van der Waals surface area (Å²) in [4.78, 5) is 8.84. The van der Waals surface area contributed by atoms with Crippen LogP contribution in [0.4, 0.5) is 5.69 Å². The van der Waals surface area contributed by atoms with E-state index < -0.39 is 0 Å². The Morgan fingerprint density at radius 3 is 2.68 bits per heavy atom. The maximum Gasteiger partial charge on any atom is 0.193 e. The molecular weight excluding hydrogens is 487 g/mol. The third-order valence-corrected chi connectivity index (χ3v) is 4.71. The van der Waals surface area contributed by atoms with E-state index in [1.807, 2.05) is 30.5 Å². The number of ether oxygens (including phenoxy) is 2. The number of hydrogen-bond donors (Lipinski definition) is 2. The van der Waals surface area contributed by atoms with Gasteiger partial charge in [-0.15, -0.1) is 35.7 Å². The average molecular weight is 514 g/mol. The molecule has 0 unspecified atom stereocenters. The quantitative estimate of drug-likeness (QED) is 0.267. The molecule has 0 bridgehead atoms. The van der Waals surface area contributed by atoms with Crippen molar-refractivity contribution in [3.63, 3.8) is 0 Å². The maximum absolute atomic E-state index is 6.05. The molecular formula is C20H27IN4O2S. The topological polar surface area (TPSA) is 81.8 Å². The molecule has 0 spiro atoms. The van der Waals surface area contributed by atoms with Crippen LogP contribution < -0.4 is 20.5 Å². The lowest BCUT2D eigenvalue weighted by Gasteiger charge is -2.16. The van der Waals surface area contributed by atoms with E-state index in [0.29, 0.717) is 25.7 Å². The van der Waals surface area contributed by atoms with Crippen molar-refractivity contribution in [2.45, 2.75) is 43.5 Å². The van der Waals surface area contributed by atoms with Gasteiger partial charge in [0.25, 0.3) is 0 Å². The van der Waals surface area contributed by atoms with E-state index in [1.165, 1.54) is 0 Å². The number of aliphatic imine (C=N–C) groups is 1. The molecule has 1 aliphatic heterocycles. The van der Waals surface area contributed by atoms with Crippen LogP contribution in [0.25, 0.3) is 0 Å². The van der Waals surface area contributed by atoms with Gasteiger partial charge in [0.2, 0.25) is 0 Å². The Balaban J connectivity index is 0.00000280. The van der Waals surface area contributed by atoms with Gasteiger partial charge >= 0.3 is 0 Å². The van der Waals surface area contributed by atoms with Crippen LogP contribution in [0, 0.1) is 0 Å². The van der Waals surface area contributed by atoms with Crippen LogP contribution in [0.5, 0.6) is 11.5 Å². The zero-order valence-corrected chi connectivity index (χ0v) is 19.5. The number of hydrogen-bond acceptors (Lipinski definition) is 5. The van der Waals surface area contributed by atoms with Gasteiger partial charge in [-0.1, -0.05) is 20.8 Å². The summed E-state index contributed by atoms with van der Waals surface area (Å²) in [6, 6.07) is 9.68. The molecule has 1 aromatic heterocycles. The number of aromatic nitrogens is 1. The minimum atomic E-state index is 0. The van der Waals surface area contributed by atoms with Gasteiger partial charge in [-0.05, 0) is 29.8 Å². The standard InChI is InChI=1S/C20H26N4O2S.HI/c1-20(2,3)27-18-11-14(7-8-22-18)13-23-19(21)24-15-5-6-16-17(12-15)26-10-4-9-25-16;/h5-8,11-12H,4,9-10,13H2,1-3H3,(H3,21,23,24);1H. The van der Waals surface area contributed by atoms with Crippen molar-refractivity contribution in [2.24, 2.45) is 10.7 Å². The second-order valence-electron chi connectivity index (χ2n) is 7.26. The lowest BCUT2D eigenvalue weighted by atomic mass is 10.2. The van der Waals surface area contributed by atoms with Gasteiger partial charge < -0.3 is 20.5 Å². The van der Waals surface area contributed by atoms with Crippen LogP contribution in [-0.4, -0.2) is 28.9 Å². The van der Waals surface area contributed by atoms with E-state index in [9.17, 15) is 0 Å². The molecule has 28 heavy (non-hydrogen) atoms. The van der Waals surface area contributed by atoms with Crippen molar-refractivity contribution < 1.29 is 9.47 Å². The summed E-state index contributed by atoms with van der Waals surface area (Å²) in [6.45, 7) is 8.32. The number of halogens is 1. The van der Waals surface area contributed by atoms with Crippen LogP contribution in [0.15, 0.2) is 46.5 Å². The number of benzene rings is 1. The van der Waals surface area contributed by atoms with Gasteiger partial charge in [-0.3, -0.25) is 0 Å². The Kier molecular flexibility index (Phi) is 8.23. The van der Waals surface area contributed by atoms with Crippen molar-refractivity contribution in [1.29, 1.82) is 0 Å². The van der Waals surface area contributed by atoms with E-state index in [-0.39, 0.29) is 28.7 Å². The second-order valence-corrected chi connectivity index (χ2v) is 9.10. The van der Waals surface area contributed by atoms with E-state index in [2.05, 4.69) is 42.1 Å². The molecule has 8 heteroatoms. The van der Waals surface area contributed by atoms with E-state index in [1.54, 1.807) is 11.8 Å². The monoisotopic (exact) mass is 514 g/mol. The molecule has 0 fully saturated rings. The molecule has 0 atom stereocenters. The van der Waals surface area contributed by atoms with Crippen molar-refractivity contribution >= 4 is 47.4 Å².